The molecule has 2 rings (SSSR count). The van der Waals surface area contributed by atoms with Gasteiger partial charge in [-0.3, -0.25) is 0 Å². The van der Waals surface area contributed by atoms with Crippen LogP contribution in [0.1, 0.15) is 26.2 Å². The van der Waals surface area contributed by atoms with E-state index < -0.39 is 0 Å². The normalized spacial score (nSPS) is 18.6. The van der Waals surface area contributed by atoms with Crippen molar-refractivity contribution in [3.8, 4) is 0 Å². The third-order valence-electron chi connectivity index (χ3n) is 2.87. The molecule has 1 atom stereocenters. The van der Waals surface area contributed by atoms with Gasteiger partial charge in [0.2, 0.25) is 0 Å². The summed E-state index contributed by atoms with van der Waals surface area (Å²) in [7, 11) is 0. The summed E-state index contributed by atoms with van der Waals surface area (Å²) in [5.41, 5.74) is 1.91. The molecule has 1 aromatic carbocycles. The van der Waals surface area contributed by atoms with Crippen molar-refractivity contribution >= 4 is 34.0 Å². The lowest BCUT2D eigenvalue weighted by atomic mass is 10.1. The van der Waals surface area contributed by atoms with Gasteiger partial charge in [-0.25, -0.2) is 4.39 Å². The van der Waals surface area contributed by atoms with Crippen molar-refractivity contribution in [3.05, 3.63) is 21.5 Å². The Labute approximate surface area is 109 Å². The Kier molecular flexibility index (Phi) is 3.89. The molecule has 0 aromatic heterocycles. The molecule has 1 aliphatic rings. The number of hydrogen-bond donors (Lipinski definition) is 2. The van der Waals surface area contributed by atoms with Gasteiger partial charge >= 0.3 is 0 Å². The lowest BCUT2D eigenvalue weighted by Gasteiger charge is -2.28. The topological polar surface area (TPSA) is 24.1 Å². The number of halogens is 2. The third-order valence-corrected chi connectivity index (χ3v) is 3.69. The van der Waals surface area contributed by atoms with Crippen LogP contribution >= 0.6 is 22.6 Å². The first-order valence-electron chi connectivity index (χ1n) is 5.70. The molecule has 88 valence electrons. The highest BCUT2D eigenvalue weighted by atomic mass is 127. The van der Waals surface area contributed by atoms with Gasteiger partial charge in [-0.15, -0.1) is 0 Å². The van der Waals surface area contributed by atoms with E-state index >= 15 is 0 Å². The Morgan fingerprint density at radius 2 is 2.25 bits per heavy atom. The molecule has 2 N–H and O–H groups in total. The smallest absolute Gasteiger partial charge is 0.138 e. The molecule has 0 radical (unpaired) electrons. The average Bonchev–Trinajstić information content (AvgIpc) is 2.28. The molecule has 0 spiro atoms. The van der Waals surface area contributed by atoms with Crippen LogP contribution in [0.5, 0.6) is 0 Å². The largest absolute Gasteiger partial charge is 0.381 e. The second-order valence-corrected chi connectivity index (χ2v) is 5.34. The lowest BCUT2D eigenvalue weighted by Crippen LogP contribution is -2.33. The molecule has 0 aliphatic carbocycles. The van der Waals surface area contributed by atoms with Gasteiger partial charge in [-0.05, 0) is 35.1 Å². The van der Waals surface area contributed by atoms with Crippen LogP contribution in [0.4, 0.5) is 15.8 Å². The number of nitrogens with one attached hydrogen (secondary N) is 2. The van der Waals surface area contributed by atoms with Gasteiger partial charge in [0, 0.05) is 18.7 Å². The van der Waals surface area contributed by atoms with E-state index in [-0.39, 0.29) is 5.82 Å². The fraction of sp³-hybridized carbons (Fsp3) is 0.500. The van der Waals surface area contributed by atoms with Crippen LogP contribution in [0.2, 0.25) is 0 Å². The van der Waals surface area contributed by atoms with Gasteiger partial charge in [0.25, 0.3) is 0 Å². The van der Waals surface area contributed by atoms with Gasteiger partial charge in [0.05, 0.1) is 14.9 Å². The van der Waals surface area contributed by atoms with E-state index in [0.29, 0.717) is 9.61 Å². The predicted octanol–water partition coefficient (Wildman–Crippen LogP) is 3.83. The van der Waals surface area contributed by atoms with Crippen LogP contribution in [0.25, 0.3) is 0 Å². The number of unbranched alkanes of at least 4 members (excludes halogenated alkanes) is 1. The Hall–Kier alpha value is -0.520. The Balaban J connectivity index is 2.11. The first-order chi connectivity index (χ1) is 7.70. The SMILES string of the molecule is CCCCC1CNc2cc(I)c(F)cc2N1. The second kappa shape index (κ2) is 5.21. The zero-order valence-corrected chi connectivity index (χ0v) is 11.5. The van der Waals surface area contributed by atoms with Crippen LogP contribution < -0.4 is 10.6 Å². The zero-order valence-electron chi connectivity index (χ0n) is 9.32. The highest BCUT2D eigenvalue weighted by molar-refractivity contribution is 14.1. The number of anilines is 2. The van der Waals surface area contributed by atoms with E-state index in [1.54, 1.807) is 6.07 Å². The van der Waals surface area contributed by atoms with Crippen LogP contribution in [0.15, 0.2) is 12.1 Å². The Morgan fingerprint density at radius 1 is 1.44 bits per heavy atom. The molecule has 4 heteroatoms. The van der Waals surface area contributed by atoms with E-state index in [1.807, 2.05) is 28.7 Å². The van der Waals surface area contributed by atoms with Crippen molar-refractivity contribution in [1.29, 1.82) is 0 Å². The minimum Gasteiger partial charge on any atom is -0.381 e. The van der Waals surface area contributed by atoms with Crippen molar-refractivity contribution < 1.29 is 4.39 Å². The first kappa shape index (κ1) is 12.0. The summed E-state index contributed by atoms with van der Waals surface area (Å²) in [6, 6.07) is 3.86. The summed E-state index contributed by atoms with van der Waals surface area (Å²) in [4.78, 5) is 0. The van der Waals surface area contributed by atoms with Gasteiger partial charge in [-0.2, -0.15) is 0 Å². The van der Waals surface area contributed by atoms with E-state index in [2.05, 4.69) is 17.6 Å². The molecule has 16 heavy (non-hydrogen) atoms. The molecule has 0 fully saturated rings. The molecule has 0 bridgehead atoms. The molecule has 0 amide bonds. The quantitative estimate of drug-likeness (QED) is 0.821. The summed E-state index contributed by atoms with van der Waals surface area (Å²) < 4.78 is 14.1. The maximum Gasteiger partial charge on any atom is 0.138 e. The molecular weight excluding hydrogens is 318 g/mol. The molecule has 0 saturated heterocycles. The van der Waals surface area contributed by atoms with Crippen molar-refractivity contribution in [2.24, 2.45) is 0 Å². The average molecular weight is 334 g/mol. The number of fused-ring (bicyclic) bond motifs is 1. The van der Waals surface area contributed by atoms with E-state index in [1.165, 1.54) is 12.8 Å². The molecule has 1 unspecified atom stereocenters. The lowest BCUT2D eigenvalue weighted by molar-refractivity contribution is 0.608. The predicted molar refractivity (Wildman–Crippen MR) is 74.5 cm³/mol. The van der Waals surface area contributed by atoms with Gasteiger partial charge < -0.3 is 10.6 Å². The van der Waals surface area contributed by atoms with E-state index in [0.717, 1.165) is 24.3 Å². The maximum absolute atomic E-state index is 13.4. The first-order valence-corrected chi connectivity index (χ1v) is 6.78. The summed E-state index contributed by atoms with van der Waals surface area (Å²) >= 11 is 2.02. The van der Waals surface area contributed by atoms with E-state index in [9.17, 15) is 4.39 Å². The number of hydrogen-bond acceptors (Lipinski definition) is 2. The fourth-order valence-corrected chi connectivity index (χ4v) is 2.41. The van der Waals surface area contributed by atoms with E-state index in [4.69, 9.17) is 0 Å². The summed E-state index contributed by atoms with van der Waals surface area (Å²) in [6.07, 6.45) is 3.55. The van der Waals surface area contributed by atoms with Crippen LogP contribution in [-0.2, 0) is 0 Å². The molecule has 1 aliphatic heterocycles. The van der Waals surface area contributed by atoms with Crippen LogP contribution in [0.3, 0.4) is 0 Å². The molecule has 1 aromatic rings. The molecule has 0 saturated carbocycles. The van der Waals surface area contributed by atoms with Crippen LogP contribution in [0, 0.1) is 9.39 Å². The number of benzene rings is 1. The fourth-order valence-electron chi connectivity index (χ4n) is 1.94. The second-order valence-electron chi connectivity index (χ2n) is 4.18. The Morgan fingerprint density at radius 3 is 3.00 bits per heavy atom. The highest BCUT2D eigenvalue weighted by Gasteiger charge is 2.18. The number of rotatable bonds is 3. The molecular formula is C12H16FIN2. The van der Waals surface area contributed by atoms with Crippen molar-refractivity contribution in [2.45, 2.75) is 32.2 Å². The van der Waals surface area contributed by atoms with Gasteiger partial charge in [0.1, 0.15) is 5.82 Å². The standard InChI is InChI=1S/C12H16FIN2/c1-2-3-4-8-7-15-11-6-10(14)9(13)5-12(11)16-8/h5-6,8,15-16H,2-4,7H2,1H3. The zero-order chi connectivity index (χ0) is 11.5. The highest BCUT2D eigenvalue weighted by Crippen LogP contribution is 2.30. The molecule has 2 nitrogen and oxygen atoms in total. The third kappa shape index (κ3) is 2.59. The maximum atomic E-state index is 13.4. The van der Waals surface area contributed by atoms with Crippen LogP contribution in [-0.4, -0.2) is 12.6 Å². The monoisotopic (exact) mass is 334 g/mol. The van der Waals surface area contributed by atoms with Crippen molar-refractivity contribution in [3.63, 3.8) is 0 Å². The minimum atomic E-state index is -0.148. The summed E-state index contributed by atoms with van der Waals surface area (Å²) in [5, 5.41) is 6.75. The Bertz CT molecular complexity index is 382. The molecule has 1 heterocycles. The van der Waals surface area contributed by atoms with Crippen molar-refractivity contribution in [1.82, 2.24) is 0 Å². The van der Waals surface area contributed by atoms with Gasteiger partial charge in [-0.1, -0.05) is 19.8 Å². The minimum absolute atomic E-state index is 0.148. The van der Waals surface area contributed by atoms with Crippen molar-refractivity contribution in [2.75, 3.05) is 17.2 Å². The van der Waals surface area contributed by atoms with Gasteiger partial charge in [0.15, 0.2) is 0 Å². The summed E-state index contributed by atoms with van der Waals surface area (Å²) in [5.74, 6) is -0.148. The summed E-state index contributed by atoms with van der Waals surface area (Å²) in [6.45, 7) is 3.11.